The van der Waals surface area contributed by atoms with Crippen LogP contribution in [0.3, 0.4) is 0 Å². The first kappa shape index (κ1) is 13.4. The number of aryl methyl sites for hydroxylation is 2. The topological polar surface area (TPSA) is 27.1 Å². The molecule has 0 amide bonds. The van der Waals surface area contributed by atoms with E-state index >= 15 is 0 Å². The van der Waals surface area contributed by atoms with E-state index in [2.05, 4.69) is 42.4 Å². The summed E-state index contributed by atoms with van der Waals surface area (Å²) in [5, 5.41) is 4.61. The fourth-order valence-corrected chi connectivity index (χ4v) is 2.36. The fourth-order valence-electron chi connectivity index (χ4n) is 2.36. The summed E-state index contributed by atoms with van der Waals surface area (Å²) in [4.78, 5) is 0. The Morgan fingerprint density at radius 1 is 0.905 bits per heavy atom. The highest BCUT2D eigenvalue weighted by Gasteiger charge is 2.09. The van der Waals surface area contributed by atoms with Gasteiger partial charge in [0.2, 0.25) is 0 Å². The maximum atomic E-state index is 5.19. The molecule has 0 aliphatic rings. The molecule has 0 saturated heterocycles. The molecular formula is C18H18N2O. The van der Waals surface area contributed by atoms with E-state index in [1.807, 2.05) is 36.0 Å². The second-order valence-corrected chi connectivity index (χ2v) is 5.13. The molecule has 1 aromatic heterocycles. The Labute approximate surface area is 124 Å². The lowest BCUT2D eigenvalue weighted by atomic mass is 10.1. The number of ether oxygens (including phenoxy) is 1. The molecule has 1 heterocycles. The number of aromatic nitrogens is 2. The van der Waals surface area contributed by atoms with Crippen LogP contribution < -0.4 is 4.74 Å². The summed E-state index contributed by atoms with van der Waals surface area (Å²) in [7, 11) is 3.65. The first-order valence-electron chi connectivity index (χ1n) is 6.93. The van der Waals surface area contributed by atoms with Gasteiger partial charge in [-0.25, -0.2) is 0 Å². The smallest absolute Gasteiger partial charge is 0.118 e. The maximum Gasteiger partial charge on any atom is 0.118 e. The van der Waals surface area contributed by atoms with Gasteiger partial charge in [0.1, 0.15) is 5.75 Å². The third-order valence-corrected chi connectivity index (χ3v) is 3.61. The van der Waals surface area contributed by atoms with Gasteiger partial charge < -0.3 is 4.74 Å². The van der Waals surface area contributed by atoms with Crippen LogP contribution in [0.2, 0.25) is 0 Å². The van der Waals surface area contributed by atoms with E-state index in [0.717, 1.165) is 22.7 Å². The van der Waals surface area contributed by atoms with Crippen molar-refractivity contribution in [2.45, 2.75) is 6.92 Å². The summed E-state index contributed by atoms with van der Waals surface area (Å²) in [5.41, 5.74) is 5.60. The molecule has 0 aliphatic carbocycles. The van der Waals surface area contributed by atoms with E-state index in [1.165, 1.54) is 11.1 Å². The minimum absolute atomic E-state index is 0.855. The third kappa shape index (κ3) is 2.68. The van der Waals surface area contributed by atoms with Crippen molar-refractivity contribution in [3.05, 3.63) is 60.2 Å². The van der Waals surface area contributed by atoms with Gasteiger partial charge in [0.05, 0.1) is 18.5 Å². The van der Waals surface area contributed by atoms with Gasteiger partial charge in [-0.1, -0.05) is 29.8 Å². The summed E-state index contributed by atoms with van der Waals surface area (Å²) < 4.78 is 7.11. The lowest BCUT2D eigenvalue weighted by molar-refractivity contribution is 0.415. The van der Waals surface area contributed by atoms with Gasteiger partial charge in [0.15, 0.2) is 0 Å². The largest absolute Gasteiger partial charge is 0.497 e. The van der Waals surface area contributed by atoms with Crippen LogP contribution in [0.1, 0.15) is 5.56 Å². The Kier molecular flexibility index (Phi) is 3.48. The Hall–Kier alpha value is -2.55. The first-order valence-corrected chi connectivity index (χ1v) is 6.93. The zero-order chi connectivity index (χ0) is 14.8. The van der Waals surface area contributed by atoms with Crippen LogP contribution >= 0.6 is 0 Å². The van der Waals surface area contributed by atoms with Crippen LogP contribution in [0.4, 0.5) is 0 Å². The molecule has 0 fully saturated rings. The van der Waals surface area contributed by atoms with E-state index in [0.29, 0.717) is 0 Å². The molecule has 0 bridgehead atoms. The number of hydrogen-bond donors (Lipinski definition) is 0. The SMILES string of the molecule is COc1ccc(-c2cc(-c3ccc(C)cc3)n(C)n2)cc1. The third-order valence-electron chi connectivity index (χ3n) is 3.61. The van der Waals surface area contributed by atoms with Crippen molar-refractivity contribution in [1.82, 2.24) is 9.78 Å². The average Bonchev–Trinajstić information content (AvgIpc) is 2.90. The Bertz CT molecular complexity index is 740. The number of nitrogens with zero attached hydrogens (tertiary/aromatic N) is 2. The predicted molar refractivity (Wildman–Crippen MR) is 85.4 cm³/mol. The molecule has 0 aliphatic heterocycles. The number of rotatable bonds is 3. The van der Waals surface area contributed by atoms with E-state index in [9.17, 15) is 0 Å². The molecule has 3 rings (SSSR count). The second kappa shape index (κ2) is 5.44. The van der Waals surface area contributed by atoms with Gasteiger partial charge in [-0.05, 0) is 42.8 Å². The monoisotopic (exact) mass is 278 g/mol. The zero-order valence-electron chi connectivity index (χ0n) is 12.5. The van der Waals surface area contributed by atoms with Gasteiger partial charge >= 0.3 is 0 Å². The van der Waals surface area contributed by atoms with Crippen LogP contribution in [0.5, 0.6) is 5.75 Å². The standard InChI is InChI=1S/C18H18N2O/c1-13-4-6-15(7-5-13)18-12-17(19-20(18)2)14-8-10-16(21-3)11-9-14/h4-12H,1-3H3. The lowest BCUT2D eigenvalue weighted by Crippen LogP contribution is -1.93. The highest BCUT2D eigenvalue weighted by atomic mass is 16.5. The minimum atomic E-state index is 0.855. The van der Waals surface area contributed by atoms with E-state index in [1.54, 1.807) is 7.11 Å². The molecule has 3 aromatic rings. The number of hydrogen-bond acceptors (Lipinski definition) is 2. The van der Waals surface area contributed by atoms with Crippen molar-refractivity contribution in [3.63, 3.8) is 0 Å². The lowest BCUT2D eigenvalue weighted by Gasteiger charge is -2.01. The highest BCUT2D eigenvalue weighted by Crippen LogP contribution is 2.27. The zero-order valence-corrected chi connectivity index (χ0v) is 12.5. The molecule has 3 nitrogen and oxygen atoms in total. The average molecular weight is 278 g/mol. The highest BCUT2D eigenvalue weighted by molar-refractivity contribution is 5.69. The second-order valence-electron chi connectivity index (χ2n) is 5.13. The Morgan fingerprint density at radius 3 is 2.14 bits per heavy atom. The summed E-state index contributed by atoms with van der Waals surface area (Å²) >= 11 is 0. The quantitative estimate of drug-likeness (QED) is 0.722. The van der Waals surface area contributed by atoms with Crippen LogP contribution in [-0.4, -0.2) is 16.9 Å². The molecule has 106 valence electrons. The molecule has 0 spiro atoms. The molecule has 0 N–H and O–H groups in total. The van der Waals surface area contributed by atoms with Gasteiger partial charge in [-0.2, -0.15) is 5.10 Å². The Balaban J connectivity index is 1.98. The van der Waals surface area contributed by atoms with Crippen molar-refractivity contribution >= 4 is 0 Å². The summed E-state index contributed by atoms with van der Waals surface area (Å²) in [5.74, 6) is 0.855. The van der Waals surface area contributed by atoms with Crippen molar-refractivity contribution in [3.8, 4) is 28.3 Å². The molecular weight excluding hydrogens is 260 g/mol. The molecule has 0 unspecified atom stereocenters. The first-order chi connectivity index (χ1) is 10.2. The van der Waals surface area contributed by atoms with Gasteiger partial charge in [0.25, 0.3) is 0 Å². The molecule has 3 heteroatoms. The van der Waals surface area contributed by atoms with Crippen molar-refractivity contribution in [2.75, 3.05) is 7.11 Å². The van der Waals surface area contributed by atoms with Gasteiger partial charge in [-0.15, -0.1) is 0 Å². The van der Waals surface area contributed by atoms with E-state index < -0.39 is 0 Å². The summed E-state index contributed by atoms with van der Waals surface area (Å²) in [6.45, 7) is 2.09. The van der Waals surface area contributed by atoms with Crippen LogP contribution in [-0.2, 0) is 7.05 Å². The maximum absolute atomic E-state index is 5.19. The van der Waals surface area contributed by atoms with Gasteiger partial charge in [0, 0.05) is 12.6 Å². The van der Waals surface area contributed by atoms with E-state index in [-0.39, 0.29) is 0 Å². The number of benzene rings is 2. The molecule has 0 radical (unpaired) electrons. The summed E-state index contributed by atoms with van der Waals surface area (Å²) in [6.07, 6.45) is 0. The molecule has 0 atom stereocenters. The summed E-state index contributed by atoms with van der Waals surface area (Å²) in [6, 6.07) is 18.6. The molecule has 2 aromatic carbocycles. The minimum Gasteiger partial charge on any atom is -0.497 e. The normalized spacial score (nSPS) is 10.6. The van der Waals surface area contributed by atoms with E-state index in [4.69, 9.17) is 4.74 Å². The van der Waals surface area contributed by atoms with Gasteiger partial charge in [-0.3, -0.25) is 4.68 Å². The van der Waals surface area contributed by atoms with Crippen molar-refractivity contribution in [2.24, 2.45) is 7.05 Å². The Morgan fingerprint density at radius 2 is 1.52 bits per heavy atom. The van der Waals surface area contributed by atoms with Crippen molar-refractivity contribution < 1.29 is 4.74 Å². The van der Waals surface area contributed by atoms with Crippen LogP contribution in [0, 0.1) is 6.92 Å². The number of methoxy groups -OCH3 is 1. The molecule has 21 heavy (non-hydrogen) atoms. The van der Waals surface area contributed by atoms with Crippen molar-refractivity contribution in [1.29, 1.82) is 0 Å². The fraction of sp³-hybridized carbons (Fsp3) is 0.167. The predicted octanol–water partition coefficient (Wildman–Crippen LogP) is 4.07. The van der Waals surface area contributed by atoms with Crippen LogP contribution in [0.25, 0.3) is 22.5 Å². The molecule has 0 saturated carbocycles. The van der Waals surface area contributed by atoms with Crippen LogP contribution in [0.15, 0.2) is 54.6 Å².